The van der Waals surface area contributed by atoms with E-state index in [1.165, 1.54) is 0 Å². The molecule has 2 rings (SSSR count). The van der Waals surface area contributed by atoms with Gasteiger partial charge in [-0.05, 0) is 13.8 Å². The Morgan fingerprint density at radius 1 is 1.50 bits per heavy atom. The van der Waals surface area contributed by atoms with E-state index in [1.54, 1.807) is 0 Å². The first-order valence-corrected chi connectivity index (χ1v) is 5.25. The molecule has 2 fully saturated rings. The lowest BCUT2D eigenvalue weighted by Gasteiger charge is -2.34. The largest absolute Gasteiger partial charge is 0.330 e. The van der Waals surface area contributed by atoms with Gasteiger partial charge in [-0.15, -0.1) is 0 Å². The molecule has 3 nitrogen and oxygen atoms in total. The van der Waals surface area contributed by atoms with Gasteiger partial charge >= 0.3 is 6.03 Å². The monoisotopic (exact) mass is 186 g/mol. The number of hydrogen-bond acceptors (Lipinski definition) is 2. The van der Waals surface area contributed by atoms with Crippen molar-refractivity contribution >= 4 is 17.8 Å². The normalized spacial score (nSPS) is 51.6. The molecule has 2 N–H and O–H groups in total. The van der Waals surface area contributed by atoms with Crippen LogP contribution in [0.25, 0.3) is 0 Å². The number of urea groups is 1. The van der Waals surface area contributed by atoms with E-state index >= 15 is 0 Å². The Kier molecular flexibility index (Phi) is 1.44. The van der Waals surface area contributed by atoms with Gasteiger partial charge in [0.25, 0.3) is 0 Å². The molecule has 2 saturated heterocycles. The molecule has 0 aliphatic carbocycles. The highest BCUT2D eigenvalue weighted by Gasteiger charge is 2.59. The Hall–Kier alpha value is -0.380. The van der Waals surface area contributed by atoms with Gasteiger partial charge in [-0.1, -0.05) is 6.92 Å². The maximum absolute atomic E-state index is 11.2. The third kappa shape index (κ3) is 0.762. The fourth-order valence-corrected chi connectivity index (χ4v) is 3.59. The summed E-state index contributed by atoms with van der Waals surface area (Å²) in [6.07, 6.45) is 0. The van der Waals surface area contributed by atoms with Crippen molar-refractivity contribution in [3.8, 4) is 0 Å². The predicted molar refractivity (Wildman–Crippen MR) is 50.4 cm³/mol. The molecule has 0 radical (unpaired) electrons. The van der Waals surface area contributed by atoms with Crippen LogP contribution in [-0.4, -0.2) is 28.1 Å². The van der Waals surface area contributed by atoms with Crippen molar-refractivity contribution in [2.75, 3.05) is 5.75 Å². The molecule has 0 bridgehead atoms. The van der Waals surface area contributed by atoms with E-state index in [9.17, 15) is 4.79 Å². The molecule has 0 unspecified atom stereocenters. The Labute approximate surface area is 76.7 Å². The van der Waals surface area contributed by atoms with Crippen molar-refractivity contribution in [1.82, 2.24) is 10.6 Å². The van der Waals surface area contributed by atoms with Gasteiger partial charge in [-0.2, -0.15) is 11.8 Å². The number of amides is 2. The molecule has 68 valence electrons. The highest BCUT2D eigenvalue weighted by atomic mass is 32.2. The van der Waals surface area contributed by atoms with Gasteiger partial charge in [0.1, 0.15) is 0 Å². The lowest BCUT2D eigenvalue weighted by atomic mass is 9.81. The van der Waals surface area contributed by atoms with Gasteiger partial charge in [-0.25, -0.2) is 4.79 Å². The number of carbonyl (C=O) groups excluding carboxylic acids is 1. The van der Waals surface area contributed by atoms with Gasteiger partial charge in [0.2, 0.25) is 0 Å². The average molecular weight is 186 g/mol. The first-order valence-electron chi connectivity index (χ1n) is 4.20. The summed E-state index contributed by atoms with van der Waals surface area (Å²) >= 11 is 1.91. The van der Waals surface area contributed by atoms with Crippen LogP contribution in [0.2, 0.25) is 0 Å². The van der Waals surface area contributed by atoms with Crippen molar-refractivity contribution in [2.24, 2.45) is 0 Å². The topological polar surface area (TPSA) is 41.1 Å². The smallest absolute Gasteiger partial charge is 0.315 e. The molecule has 4 heteroatoms. The number of hydrogen-bond donors (Lipinski definition) is 2. The highest BCUT2D eigenvalue weighted by molar-refractivity contribution is 8.00. The molecule has 0 aromatic heterocycles. The van der Waals surface area contributed by atoms with Gasteiger partial charge in [0.05, 0.1) is 11.1 Å². The maximum Gasteiger partial charge on any atom is 0.315 e. The number of fused-ring (bicyclic) bond motifs is 1. The van der Waals surface area contributed by atoms with Crippen LogP contribution in [0.5, 0.6) is 0 Å². The minimum atomic E-state index is -0.0747. The summed E-state index contributed by atoms with van der Waals surface area (Å²) in [4.78, 5) is 11.2. The van der Waals surface area contributed by atoms with Crippen molar-refractivity contribution in [3.63, 3.8) is 0 Å². The zero-order valence-corrected chi connectivity index (χ0v) is 8.42. The van der Waals surface area contributed by atoms with E-state index < -0.39 is 0 Å². The molecule has 2 aliphatic rings. The van der Waals surface area contributed by atoms with Gasteiger partial charge in [0.15, 0.2) is 0 Å². The Balaban J connectivity index is 2.38. The lowest BCUT2D eigenvalue weighted by Crippen LogP contribution is -2.57. The first-order chi connectivity index (χ1) is 5.48. The van der Waals surface area contributed by atoms with Crippen molar-refractivity contribution in [2.45, 2.75) is 37.1 Å². The van der Waals surface area contributed by atoms with Crippen LogP contribution in [0.1, 0.15) is 20.8 Å². The maximum atomic E-state index is 11.2. The number of carbonyl (C=O) groups is 1. The van der Waals surface area contributed by atoms with Crippen molar-refractivity contribution in [3.05, 3.63) is 0 Å². The second-order valence-corrected chi connectivity index (χ2v) is 5.40. The Bertz CT molecular complexity index is 245. The van der Waals surface area contributed by atoms with Crippen LogP contribution >= 0.6 is 11.8 Å². The standard InChI is InChI=1S/C8H14N2OS/c1-5-8(3)7(2,4-12-5)9-6(11)10-8/h5H,4H2,1-3H3,(H2,9,10,11)/t5-,7-,8+/m1/s1. The van der Waals surface area contributed by atoms with E-state index in [2.05, 4.69) is 31.4 Å². The van der Waals surface area contributed by atoms with E-state index in [-0.39, 0.29) is 17.1 Å². The molecular formula is C8H14N2OS. The molecule has 0 spiro atoms. The quantitative estimate of drug-likeness (QED) is 0.553. The van der Waals surface area contributed by atoms with Crippen LogP contribution in [0.4, 0.5) is 4.79 Å². The van der Waals surface area contributed by atoms with Gasteiger partial charge in [-0.3, -0.25) is 0 Å². The average Bonchev–Trinajstić information content (AvgIpc) is 2.28. The van der Waals surface area contributed by atoms with E-state index in [0.29, 0.717) is 5.25 Å². The van der Waals surface area contributed by atoms with E-state index in [1.807, 2.05) is 11.8 Å². The second-order valence-electron chi connectivity index (χ2n) is 4.07. The molecule has 3 atom stereocenters. The fraction of sp³-hybridized carbons (Fsp3) is 0.875. The number of nitrogens with one attached hydrogen (secondary N) is 2. The van der Waals surface area contributed by atoms with Crippen LogP contribution in [0.3, 0.4) is 0 Å². The summed E-state index contributed by atoms with van der Waals surface area (Å²) in [5.74, 6) is 1.00. The zero-order valence-electron chi connectivity index (χ0n) is 7.60. The SMILES string of the molecule is C[C@H]1SC[C@@]2(C)NC(=O)N[C@@]12C. The summed E-state index contributed by atoms with van der Waals surface area (Å²) in [6, 6.07) is -0.0212. The molecule has 0 saturated carbocycles. The number of rotatable bonds is 0. The molecule has 12 heavy (non-hydrogen) atoms. The minimum Gasteiger partial charge on any atom is -0.330 e. The lowest BCUT2D eigenvalue weighted by molar-refractivity contribution is 0.245. The third-order valence-electron chi connectivity index (χ3n) is 3.34. The summed E-state index contributed by atoms with van der Waals surface area (Å²) < 4.78 is 0. The molecule has 2 aliphatic heterocycles. The minimum absolute atomic E-state index is 0.0212. The van der Waals surface area contributed by atoms with Crippen LogP contribution in [0.15, 0.2) is 0 Å². The summed E-state index contributed by atoms with van der Waals surface area (Å²) in [5, 5.41) is 6.49. The Morgan fingerprint density at radius 2 is 2.17 bits per heavy atom. The Morgan fingerprint density at radius 3 is 2.75 bits per heavy atom. The molecule has 0 aromatic rings. The fourth-order valence-electron chi connectivity index (χ4n) is 1.98. The van der Waals surface area contributed by atoms with Gasteiger partial charge in [0, 0.05) is 11.0 Å². The molecular weight excluding hydrogens is 172 g/mol. The van der Waals surface area contributed by atoms with E-state index in [4.69, 9.17) is 0 Å². The zero-order chi connectivity index (χ0) is 8.98. The van der Waals surface area contributed by atoms with E-state index in [0.717, 1.165) is 5.75 Å². The van der Waals surface area contributed by atoms with Gasteiger partial charge < -0.3 is 10.6 Å². The molecule has 2 amide bonds. The first kappa shape index (κ1) is 8.23. The second kappa shape index (κ2) is 2.10. The number of thioether (sulfide) groups is 1. The molecule has 2 heterocycles. The van der Waals surface area contributed by atoms with Crippen LogP contribution in [-0.2, 0) is 0 Å². The van der Waals surface area contributed by atoms with Crippen LogP contribution < -0.4 is 10.6 Å². The molecule has 0 aromatic carbocycles. The highest BCUT2D eigenvalue weighted by Crippen LogP contribution is 2.44. The van der Waals surface area contributed by atoms with Crippen molar-refractivity contribution in [1.29, 1.82) is 0 Å². The summed E-state index contributed by atoms with van der Waals surface area (Å²) in [5.41, 5.74) is -0.136. The predicted octanol–water partition coefficient (Wildman–Crippen LogP) is 0.952. The summed E-state index contributed by atoms with van der Waals surface area (Å²) in [7, 11) is 0. The van der Waals surface area contributed by atoms with Crippen LogP contribution in [0, 0.1) is 0 Å². The van der Waals surface area contributed by atoms with Crippen molar-refractivity contribution < 1.29 is 4.79 Å². The summed E-state index contributed by atoms with van der Waals surface area (Å²) in [6.45, 7) is 6.40. The third-order valence-corrected chi connectivity index (χ3v) is 5.06.